The summed E-state index contributed by atoms with van der Waals surface area (Å²) in [4.78, 5) is 15.7. The van der Waals surface area contributed by atoms with Gasteiger partial charge < -0.3 is 14.6 Å². The first-order valence-corrected chi connectivity index (χ1v) is 9.09. The first-order valence-electron chi connectivity index (χ1n) is 9.09. The van der Waals surface area contributed by atoms with Gasteiger partial charge in [-0.05, 0) is 29.8 Å². The number of phenols is 1. The highest BCUT2D eigenvalue weighted by molar-refractivity contribution is 5.54. The summed E-state index contributed by atoms with van der Waals surface area (Å²) >= 11 is 0. The number of rotatable bonds is 5. The molecular formula is C21H22N4O3. The predicted octanol–water partition coefficient (Wildman–Crippen LogP) is 2.82. The van der Waals surface area contributed by atoms with Crippen LogP contribution in [0.5, 0.6) is 17.2 Å². The number of nitrogens with zero attached hydrogens (tertiary/aromatic N) is 4. The van der Waals surface area contributed by atoms with Gasteiger partial charge in [-0.3, -0.25) is 9.88 Å². The van der Waals surface area contributed by atoms with Gasteiger partial charge in [-0.25, -0.2) is 9.97 Å². The molecule has 0 radical (unpaired) electrons. The molecule has 0 atom stereocenters. The molecule has 3 heterocycles. The molecule has 0 bridgehead atoms. The zero-order valence-corrected chi connectivity index (χ0v) is 15.9. The van der Waals surface area contributed by atoms with Crippen molar-refractivity contribution >= 4 is 0 Å². The molecule has 1 aliphatic rings. The summed E-state index contributed by atoms with van der Waals surface area (Å²) < 4.78 is 10.5. The van der Waals surface area contributed by atoms with Crippen LogP contribution in [-0.4, -0.2) is 45.7 Å². The minimum atomic E-state index is 0.0821. The molecule has 1 aromatic carbocycles. The number of aromatic nitrogens is 3. The first-order chi connectivity index (χ1) is 13.7. The summed E-state index contributed by atoms with van der Waals surface area (Å²) in [5.41, 5.74) is 4.10. The lowest BCUT2D eigenvalue weighted by atomic mass is 10.1. The lowest BCUT2D eigenvalue weighted by Gasteiger charge is -2.28. The number of fused-ring (bicyclic) bond motifs is 1. The Kier molecular flexibility index (Phi) is 5.08. The number of phenolic OH excluding ortho intramolecular Hbond substituents is 1. The molecule has 0 saturated heterocycles. The Bertz CT molecular complexity index is 979. The van der Waals surface area contributed by atoms with Crippen LogP contribution in [0, 0.1) is 0 Å². The maximum absolute atomic E-state index is 10.2. The normalized spacial score (nSPS) is 13.8. The standard InChI is InChI=1S/C21H22N4O3/c1-27-19-9-14(8-18(26)20(19)28-2)12-25-7-5-17-16(13-25)11-23-21(24-17)15-4-3-6-22-10-15/h3-4,6,8-11,26H,5,7,12-13H2,1-2H3. The fourth-order valence-corrected chi connectivity index (χ4v) is 3.49. The van der Waals surface area contributed by atoms with Crippen LogP contribution in [0.15, 0.2) is 42.9 Å². The fourth-order valence-electron chi connectivity index (χ4n) is 3.49. The minimum Gasteiger partial charge on any atom is -0.504 e. The van der Waals surface area contributed by atoms with E-state index >= 15 is 0 Å². The van der Waals surface area contributed by atoms with Crippen LogP contribution < -0.4 is 9.47 Å². The molecule has 0 aliphatic carbocycles. The largest absolute Gasteiger partial charge is 0.504 e. The number of hydrogen-bond donors (Lipinski definition) is 1. The van der Waals surface area contributed by atoms with E-state index in [1.165, 1.54) is 7.11 Å². The van der Waals surface area contributed by atoms with Gasteiger partial charge in [0.25, 0.3) is 0 Å². The third kappa shape index (κ3) is 3.61. The maximum Gasteiger partial charge on any atom is 0.203 e. The molecule has 28 heavy (non-hydrogen) atoms. The smallest absolute Gasteiger partial charge is 0.203 e. The van der Waals surface area contributed by atoms with Crippen LogP contribution >= 0.6 is 0 Å². The molecule has 3 aromatic rings. The lowest BCUT2D eigenvalue weighted by Crippen LogP contribution is -2.31. The second-order valence-electron chi connectivity index (χ2n) is 6.72. The number of aromatic hydroxyl groups is 1. The van der Waals surface area contributed by atoms with Crippen molar-refractivity contribution in [2.75, 3.05) is 20.8 Å². The van der Waals surface area contributed by atoms with E-state index in [1.807, 2.05) is 24.4 Å². The SMILES string of the molecule is COc1cc(CN2CCc3nc(-c4cccnc4)ncc3C2)cc(O)c1OC. The Labute approximate surface area is 163 Å². The Morgan fingerprint density at radius 2 is 2.07 bits per heavy atom. The van der Waals surface area contributed by atoms with Crippen molar-refractivity contribution in [3.8, 4) is 28.6 Å². The molecule has 1 N–H and O–H groups in total. The van der Waals surface area contributed by atoms with E-state index in [9.17, 15) is 5.11 Å². The molecule has 0 unspecified atom stereocenters. The molecule has 1 aliphatic heterocycles. The zero-order chi connectivity index (χ0) is 19.5. The molecule has 0 saturated carbocycles. The summed E-state index contributed by atoms with van der Waals surface area (Å²) in [7, 11) is 3.08. The molecule has 7 nitrogen and oxygen atoms in total. The fraction of sp³-hybridized carbons (Fsp3) is 0.286. The molecule has 0 fully saturated rings. The third-order valence-electron chi connectivity index (χ3n) is 4.86. The zero-order valence-electron chi connectivity index (χ0n) is 15.9. The maximum atomic E-state index is 10.2. The highest BCUT2D eigenvalue weighted by atomic mass is 16.5. The summed E-state index contributed by atoms with van der Waals surface area (Å²) in [6, 6.07) is 7.47. The van der Waals surface area contributed by atoms with E-state index in [1.54, 1.807) is 25.6 Å². The van der Waals surface area contributed by atoms with Gasteiger partial charge in [0.05, 0.1) is 19.9 Å². The van der Waals surface area contributed by atoms with Gasteiger partial charge in [-0.1, -0.05) is 0 Å². The number of pyridine rings is 1. The van der Waals surface area contributed by atoms with Crippen molar-refractivity contribution in [1.29, 1.82) is 0 Å². The average molecular weight is 378 g/mol. The monoisotopic (exact) mass is 378 g/mol. The van der Waals surface area contributed by atoms with Gasteiger partial charge in [-0.15, -0.1) is 0 Å². The highest BCUT2D eigenvalue weighted by Gasteiger charge is 2.20. The molecular weight excluding hydrogens is 356 g/mol. The molecule has 0 amide bonds. The van der Waals surface area contributed by atoms with Crippen molar-refractivity contribution in [1.82, 2.24) is 19.9 Å². The Hall–Kier alpha value is -3.19. The number of methoxy groups -OCH3 is 2. The van der Waals surface area contributed by atoms with Gasteiger partial charge >= 0.3 is 0 Å². The lowest BCUT2D eigenvalue weighted by molar-refractivity contribution is 0.242. The quantitative estimate of drug-likeness (QED) is 0.731. The van der Waals surface area contributed by atoms with E-state index in [0.29, 0.717) is 23.9 Å². The van der Waals surface area contributed by atoms with Gasteiger partial charge in [0, 0.05) is 55.8 Å². The van der Waals surface area contributed by atoms with Gasteiger partial charge in [-0.2, -0.15) is 0 Å². The molecule has 144 valence electrons. The Morgan fingerprint density at radius 3 is 2.82 bits per heavy atom. The summed E-state index contributed by atoms with van der Waals surface area (Å²) in [5, 5.41) is 10.2. The average Bonchev–Trinajstić information content (AvgIpc) is 2.73. The van der Waals surface area contributed by atoms with Crippen molar-refractivity contribution in [2.24, 2.45) is 0 Å². The number of hydrogen-bond acceptors (Lipinski definition) is 7. The van der Waals surface area contributed by atoms with Gasteiger partial charge in [0.2, 0.25) is 5.75 Å². The van der Waals surface area contributed by atoms with Crippen molar-refractivity contribution in [3.05, 3.63) is 59.7 Å². The number of benzene rings is 1. The van der Waals surface area contributed by atoms with Crippen LogP contribution in [0.3, 0.4) is 0 Å². The topological polar surface area (TPSA) is 80.6 Å². The Morgan fingerprint density at radius 1 is 1.18 bits per heavy atom. The van der Waals surface area contributed by atoms with Crippen molar-refractivity contribution < 1.29 is 14.6 Å². The summed E-state index contributed by atoms with van der Waals surface area (Å²) in [6.07, 6.45) is 6.28. The molecule has 2 aromatic heterocycles. The van der Waals surface area contributed by atoms with Crippen molar-refractivity contribution in [2.45, 2.75) is 19.5 Å². The van der Waals surface area contributed by atoms with Gasteiger partial charge in [0.15, 0.2) is 17.3 Å². The van der Waals surface area contributed by atoms with E-state index < -0.39 is 0 Å². The van der Waals surface area contributed by atoms with Crippen LogP contribution in [0.4, 0.5) is 0 Å². The van der Waals surface area contributed by atoms with Crippen LogP contribution in [0.1, 0.15) is 16.8 Å². The van der Waals surface area contributed by atoms with E-state index in [-0.39, 0.29) is 5.75 Å². The summed E-state index contributed by atoms with van der Waals surface area (Å²) in [6.45, 7) is 2.33. The van der Waals surface area contributed by atoms with Crippen molar-refractivity contribution in [3.63, 3.8) is 0 Å². The molecule has 0 spiro atoms. The number of ether oxygens (including phenoxy) is 2. The van der Waals surface area contributed by atoms with Crippen LogP contribution in [0.2, 0.25) is 0 Å². The van der Waals surface area contributed by atoms with Gasteiger partial charge in [0.1, 0.15) is 0 Å². The van der Waals surface area contributed by atoms with E-state index in [0.717, 1.165) is 41.9 Å². The van der Waals surface area contributed by atoms with Crippen LogP contribution in [0.25, 0.3) is 11.4 Å². The minimum absolute atomic E-state index is 0.0821. The van der Waals surface area contributed by atoms with E-state index in [2.05, 4.69) is 14.9 Å². The Balaban J connectivity index is 1.51. The summed E-state index contributed by atoms with van der Waals surface area (Å²) in [5.74, 6) is 1.68. The predicted molar refractivity (Wildman–Crippen MR) is 104 cm³/mol. The second-order valence-corrected chi connectivity index (χ2v) is 6.72. The van der Waals surface area contributed by atoms with E-state index in [4.69, 9.17) is 14.5 Å². The van der Waals surface area contributed by atoms with Crippen LogP contribution in [-0.2, 0) is 19.5 Å². The second kappa shape index (κ2) is 7.82. The molecule has 4 rings (SSSR count). The highest BCUT2D eigenvalue weighted by Crippen LogP contribution is 2.38. The molecule has 7 heteroatoms. The third-order valence-corrected chi connectivity index (χ3v) is 4.86. The first kappa shape index (κ1) is 18.2.